The zero-order valence-corrected chi connectivity index (χ0v) is 8.52. The van der Waals surface area contributed by atoms with Crippen LogP contribution < -0.4 is 10.6 Å². The molecule has 0 unspecified atom stereocenters. The zero-order valence-electron chi connectivity index (χ0n) is 8.52. The molecule has 1 rings (SSSR count). The molecule has 1 aliphatic heterocycles. The first-order valence-corrected chi connectivity index (χ1v) is 4.51. The molecule has 3 N–H and O–H groups in total. The molecule has 0 aromatic carbocycles. The maximum Gasteiger partial charge on any atom is 0.325 e. The smallest absolute Gasteiger partial charge is 0.325 e. The Morgan fingerprint density at radius 3 is 2.31 bits per heavy atom. The summed E-state index contributed by atoms with van der Waals surface area (Å²) in [5, 5.41) is 12.7. The first kappa shape index (κ1) is 12.0. The van der Waals surface area contributed by atoms with E-state index in [1.165, 1.54) is 6.92 Å². The average molecular weight is 229 g/mol. The minimum Gasteiger partial charge on any atom is -0.480 e. The highest BCUT2D eigenvalue weighted by Gasteiger charge is 2.27. The van der Waals surface area contributed by atoms with Crippen molar-refractivity contribution < 1.29 is 24.3 Å². The number of aliphatic carboxylic acids is 1. The molecule has 1 fully saturated rings. The summed E-state index contributed by atoms with van der Waals surface area (Å²) in [5.74, 6) is -2.37. The van der Waals surface area contributed by atoms with E-state index in [4.69, 9.17) is 5.11 Å². The molecule has 4 amide bonds. The highest BCUT2D eigenvalue weighted by molar-refractivity contribution is 6.02. The summed E-state index contributed by atoms with van der Waals surface area (Å²) < 4.78 is 0. The van der Waals surface area contributed by atoms with Gasteiger partial charge in [-0.1, -0.05) is 0 Å². The maximum atomic E-state index is 11.4. The van der Waals surface area contributed by atoms with Gasteiger partial charge in [0.05, 0.1) is 0 Å². The number of nitrogens with one attached hydrogen (secondary N) is 2. The van der Waals surface area contributed by atoms with Crippen molar-refractivity contribution in [3.05, 3.63) is 0 Å². The SMILES string of the molecule is C[C@@H](NC(=O)N1CC(=O)NC(=O)C1)C(=O)O. The Hall–Kier alpha value is -2.12. The van der Waals surface area contributed by atoms with Crippen molar-refractivity contribution in [3.8, 4) is 0 Å². The lowest BCUT2D eigenvalue weighted by Gasteiger charge is -2.26. The lowest BCUT2D eigenvalue weighted by Crippen LogP contribution is -2.57. The van der Waals surface area contributed by atoms with Gasteiger partial charge >= 0.3 is 12.0 Å². The van der Waals surface area contributed by atoms with Gasteiger partial charge in [0.2, 0.25) is 11.8 Å². The lowest BCUT2D eigenvalue weighted by molar-refractivity contribution is -0.138. The molecule has 8 nitrogen and oxygen atoms in total. The number of carbonyl (C=O) groups excluding carboxylic acids is 3. The number of hydrogen-bond donors (Lipinski definition) is 3. The summed E-state index contributed by atoms with van der Waals surface area (Å²) in [6, 6.07) is -1.83. The van der Waals surface area contributed by atoms with Gasteiger partial charge in [-0.3, -0.25) is 19.7 Å². The third-order valence-corrected chi connectivity index (χ3v) is 1.95. The molecular weight excluding hydrogens is 218 g/mol. The zero-order chi connectivity index (χ0) is 12.3. The van der Waals surface area contributed by atoms with Crippen molar-refractivity contribution in [1.82, 2.24) is 15.5 Å². The van der Waals surface area contributed by atoms with Gasteiger partial charge in [0.15, 0.2) is 0 Å². The average Bonchev–Trinajstić information content (AvgIpc) is 2.15. The number of hydrogen-bond acceptors (Lipinski definition) is 4. The summed E-state index contributed by atoms with van der Waals surface area (Å²) in [6.07, 6.45) is 0. The van der Waals surface area contributed by atoms with Crippen LogP contribution in [0.25, 0.3) is 0 Å². The van der Waals surface area contributed by atoms with E-state index in [0.29, 0.717) is 0 Å². The first-order chi connectivity index (χ1) is 7.40. The van der Waals surface area contributed by atoms with Crippen LogP contribution in [-0.2, 0) is 14.4 Å². The Kier molecular flexibility index (Phi) is 3.44. The molecule has 0 bridgehead atoms. The number of amides is 4. The molecule has 0 aromatic heterocycles. The summed E-state index contributed by atoms with van der Waals surface area (Å²) in [4.78, 5) is 44.7. The van der Waals surface area contributed by atoms with Crippen LogP contribution in [0.1, 0.15) is 6.92 Å². The van der Waals surface area contributed by atoms with E-state index in [9.17, 15) is 19.2 Å². The fourth-order valence-corrected chi connectivity index (χ4v) is 1.12. The number of imide groups is 1. The molecule has 0 aromatic rings. The third-order valence-electron chi connectivity index (χ3n) is 1.95. The largest absolute Gasteiger partial charge is 0.480 e. The Morgan fingerprint density at radius 2 is 1.88 bits per heavy atom. The van der Waals surface area contributed by atoms with Crippen LogP contribution in [0.4, 0.5) is 4.79 Å². The minimum atomic E-state index is -1.19. The number of carbonyl (C=O) groups is 4. The first-order valence-electron chi connectivity index (χ1n) is 4.51. The van der Waals surface area contributed by atoms with Gasteiger partial charge in [0.25, 0.3) is 0 Å². The second-order valence-electron chi connectivity index (χ2n) is 3.34. The molecule has 1 aliphatic rings. The predicted molar refractivity (Wildman–Crippen MR) is 50.4 cm³/mol. The van der Waals surface area contributed by atoms with Crippen molar-refractivity contribution in [2.75, 3.05) is 13.1 Å². The van der Waals surface area contributed by atoms with E-state index >= 15 is 0 Å². The summed E-state index contributed by atoms with van der Waals surface area (Å²) >= 11 is 0. The van der Waals surface area contributed by atoms with E-state index in [2.05, 4.69) is 5.32 Å². The fraction of sp³-hybridized carbons (Fsp3) is 0.500. The van der Waals surface area contributed by atoms with E-state index in [0.717, 1.165) is 4.90 Å². The monoisotopic (exact) mass is 229 g/mol. The van der Waals surface area contributed by atoms with Gasteiger partial charge in [-0.15, -0.1) is 0 Å². The maximum absolute atomic E-state index is 11.4. The van der Waals surface area contributed by atoms with Gasteiger partial charge in [-0.05, 0) is 6.92 Å². The lowest BCUT2D eigenvalue weighted by atomic mass is 10.3. The van der Waals surface area contributed by atoms with E-state index in [1.54, 1.807) is 0 Å². The minimum absolute atomic E-state index is 0.260. The molecule has 0 aliphatic carbocycles. The van der Waals surface area contributed by atoms with Gasteiger partial charge in [-0.25, -0.2) is 4.79 Å². The number of nitrogens with zero attached hydrogens (tertiary/aromatic N) is 1. The molecular formula is C8H11N3O5. The quantitative estimate of drug-likeness (QED) is 0.479. The molecule has 8 heteroatoms. The Morgan fingerprint density at radius 1 is 1.38 bits per heavy atom. The number of piperazine rings is 1. The van der Waals surface area contributed by atoms with Crippen molar-refractivity contribution >= 4 is 23.8 Å². The van der Waals surface area contributed by atoms with Gasteiger partial charge < -0.3 is 15.3 Å². The third kappa shape index (κ3) is 2.94. The molecule has 88 valence electrons. The van der Waals surface area contributed by atoms with Gasteiger partial charge in [-0.2, -0.15) is 0 Å². The van der Waals surface area contributed by atoms with Crippen molar-refractivity contribution in [1.29, 1.82) is 0 Å². The van der Waals surface area contributed by atoms with Crippen LogP contribution in [0.5, 0.6) is 0 Å². The highest BCUT2D eigenvalue weighted by atomic mass is 16.4. The van der Waals surface area contributed by atoms with Crippen LogP contribution in [0, 0.1) is 0 Å². The normalized spacial score (nSPS) is 17.7. The van der Waals surface area contributed by atoms with Crippen LogP contribution in [0.15, 0.2) is 0 Å². The molecule has 0 radical (unpaired) electrons. The fourth-order valence-electron chi connectivity index (χ4n) is 1.12. The van der Waals surface area contributed by atoms with Crippen molar-refractivity contribution in [2.24, 2.45) is 0 Å². The van der Waals surface area contributed by atoms with Crippen LogP contribution >= 0.6 is 0 Å². The predicted octanol–water partition coefficient (Wildman–Crippen LogP) is -1.87. The molecule has 0 spiro atoms. The van der Waals surface area contributed by atoms with Gasteiger partial charge in [0, 0.05) is 0 Å². The van der Waals surface area contributed by atoms with Crippen LogP contribution in [-0.4, -0.2) is 53.0 Å². The molecule has 0 saturated carbocycles. The van der Waals surface area contributed by atoms with E-state index < -0.39 is 29.9 Å². The number of carboxylic acids is 1. The van der Waals surface area contributed by atoms with Crippen LogP contribution in [0.2, 0.25) is 0 Å². The Bertz CT molecular complexity index is 338. The van der Waals surface area contributed by atoms with E-state index in [1.807, 2.05) is 5.32 Å². The topological polar surface area (TPSA) is 116 Å². The molecule has 1 atom stereocenters. The molecule has 16 heavy (non-hydrogen) atoms. The second-order valence-corrected chi connectivity index (χ2v) is 3.34. The number of urea groups is 1. The second kappa shape index (κ2) is 4.60. The highest BCUT2D eigenvalue weighted by Crippen LogP contribution is 1.96. The van der Waals surface area contributed by atoms with Gasteiger partial charge in [0.1, 0.15) is 19.1 Å². The number of carboxylic acid groups (broad SMARTS) is 1. The Labute approximate surface area is 90.6 Å². The standard InChI is InChI=1S/C8H11N3O5/c1-4(7(14)15)9-8(16)11-2-5(12)10-6(13)3-11/h4H,2-3H2,1H3,(H,9,16)(H,14,15)(H,10,12,13)/t4-/m1/s1. The van der Waals surface area contributed by atoms with E-state index in [-0.39, 0.29) is 13.1 Å². The van der Waals surface area contributed by atoms with Crippen molar-refractivity contribution in [2.45, 2.75) is 13.0 Å². The summed E-state index contributed by atoms with van der Waals surface area (Å²) in [6.45, 7) is 0.764. The Balaban J connectivity index is 2.57. The summed E-state index contributed by atoms with van der Waals surface area (Å²) in [7, 11) is 0. The van der Waals surface area contributed by atoms with Crippen LogP contribution in [0.3, 0.4) is 0 Å². The summed E-state index contributed by atoms with van der Waals surface area (Å²) in [5.41, 5.74) is 0. The van der Waals surface area contributed by atoms with Crippen molar-refractivity contribution in [3.63, 3.8) is 0 Å². The molecule has 1 saturated heterocycles. The molecule has 1 heterocycles. The number of rotatable bonds is 2.